The van der Waals surface area contributed by atoms with Gasteiger partial charge >= 0.3 is 5.97 Å². The molecule has 0 aromatic rings. The number of aliphatic hydroxyl groups excluding tert-OH is 1. The van der Waals surface area contributed by atoms with Crippen LogP contribution in [0, 0.1) is 0 Å². The molecule has 0 aliphatic carbocycles. The summed E-state index contributed by atoms with van der Waals surface area (Å²) in [5.41, 5.74) is 0. The number of methoxy groups -OCH3 is 3. The SMILES string of the molecule is COC(=O)C(O)C(OC)OC. The number of hydrogen-bond donors (Lipinski definition) is 1. The largest absolute Gasteiger partial charge is 0.467 e. The highest BCUT2D eigenvalue weighted by Gasteiger charge is 2.26. The molecule has 0 amide bonds. The summed E-state index contributed by atoms with van der Waals surface area (Å²) < 4.78 is 13.5. The van der Waals surface area contributed by atoms with Gasteiger partial charge in [0.15, 0.2) is 6.29 Å². The molecule has 0 saturated carbocycles. The molecule has 5 heteroatoms. The third-order valence-corrected chi connectivity index (χ3v) is 1.17. The van der Waals surface area contributed by atoms with Gasteiger partial charge in [-0.15, -0.1) is 0 Å². The normalized spacial score (nSPS) is 13.2. The Morgan fingerprint density at radius 3 is 2.00 bits per heavy atom. The Balaban J connectivity index is 3.97. The van der Waals surface area contributed by atoms with E-state index < -0.39 is 18.4 Å². The maximum Gasteiger partial charge on any atom is 0.340 e. The van der Waals surface area contributed by atoms with Crippen molar-refractivity contribution in [1.82, 2.24) is 0 Å². The van der Waals surface area contributed by atoms with Crippen LogP contribution in [-0.4, -0.2) is 44.8 Å². The van der Waals surface area contributed by atoms with Crippen molar-refractivity contribution in [2.75, 3.05) is 21.3 Å². The molecule has 0 aromatic carbocycles. The lowest BCUT2D eigenvalue weighted by Gasteiger charge is -2.17. The molecule has 1 N–H and O–H groups in total. The minimum atomic E-state index is -1.39. The lowest BCUT2D eigenvalue weighted by molar-refractivity contribution is -0.190. The Morgan fingerprint density at radius 1 is 1.27 bits per heavy atom. The van der Waals surface area contributed by atoms with Gasteiger partial charge in [0.05, 0.1) is 7.11 Å². The summed E-state index contributed by atoms with van der Waals surface area (Å²) >= 11 is 0. The van der Waals surface area contributed by atoms with Crippen molar-refractivity contribution in [1.29, 1.82) is 0 Å². The molecule has 11 heavy (non-hydrogen) atoms. The van der Waals surface area contributed by atoms with Crippen LogP contribution in [0.2, 0.25) is 0 Å². The van der Waals surface area contributed by atoms with Crippen LogP contribution in [0.4, 0.5) is 0 Å². The topological polar surface area (TPSA) is 65.0 Å². The summed E-state index contributed by atoms with van der Waals surface area (Å²) in [5.74, 6) is -0.779. The van der Waals surface area contributed by atoms with Gasteiger partial charge in [-0.3, -0.25) is 0 Å². The predicted molar refractivity (Wildman–Crippen MR) is 35.8 cm³/mol. The zero-order valence-electron chi connectivity index (χ0n) is 6.73. The summed E-state index contributed by atoms with van der Waals surface area (Å²) in [6.45, 7) is 0. The summed E-state index contributed by atoms with van der Waals surface area (Å²) in [6, 6.07) is 0. The molecule has 0 saturated heterocycles. The van der Waals surface area contributed by atoms with E-state index in [0.717, 1.165) is 0 Å². The summed E-state index contributed by atoms with van der Waals surface area (Å²) in [4.78, 5) is 10.6. The Morgan fingerprint density at radius 2 is 1.73 bits per heavy atom. The molecule has 0 rings (SSSR count). The molecule has 0 spiro atoms. The van der Waals surface area contributed by atoms with E-state index in [9.17, 15) is 4.79 Å². The fraction of sp³-hybridized carbons (Fsp3) is 0.833. The lowest BCUT2D eigenvalue weighted by atomic mass is 10.3. The van der Waals surface area contributed by atoms with E-state index in [4.69, 9.17) is 5.11 Å². The average molecular weight is 164 g/mol. The molecule has 1 unspecified atom stereocenters. The van der Waals surface area contributed by atoms with E-state index in [-0.39, 0.29) is 0 Å². The van der Waals surface area contributed by atoms with E-state index in [1.54, 1.807) is 0 Å². The number of aliphatic hydroxyl groups is 1. The fourth-order valence-corrected chi connectivity index (χ4v) is 0.586. The van der Waals surface area contributed by atoms with Gasteiger partial charge in [-0.25, -0.2) is 4.79 Å². The summed E-state index contributed by atoms with van der Waals surface area (Å²) in [5, 5.41) is 9.05. The number of carbonyl (C=O) groups is 1. The Hall–Kier alpha value is -0.650. The quantitative estimate of drug-likeness (QED) is 0.432. The minimum absolute atomic E-state index is 0.779. The van der Waals surface area contributed by atoms with E-state index in [0.29, 0.717) is 0 Å². The highest BCUT2D eigenvalue weighted by Crippen LogP contribution is 2.00. The molecule has 0 aromatic heterocycles. The number of carbonyl (C=O) groups excluding carboxylic acids is 1. The van der Waals surface area contributed by atoms with Crippen LogP contribution in [0.5, 0.6) is 0 Å². The molecular formula is C6H12O5. The molecule has 0 bridgehead atoms. The first kappa shape index (κ1) is 10.3. The molecular weight excluding hydrogens is 152 g/mol. The number of rotatable bonds is 4. The highest BCUT2D eigenvalue weighted by molar-refractivity contribution is 5.74. The lowest BCUT2D eigenvalue weighted by Crippen LogP contribution is -2.37. The van der Waals surface area contributed by atoms with Crippen molar-refractivity contribution in [2.24, 2.45) is 0 Å². The van der Waals surface area contributed by atoms with Gasteiger partial charge in [-0.1, -0.05) is 0 Å². The van der Waals surface area contributed by atoms with Crippen molar-refractivity contribution in [3.63, 3.8) is 0 Å². The van der Waals surface area contributed by atoms with Gasteiger partial charge in [0.1, 0.15) is 0 Å². The Bertz CT molecular complexity index is 120. The van der Waals surface area contributed by atoms with Crippen molar-refractivity contribution in [3.05, 3.63) is 0 Å². The minimum Gasteiger partial charge on any atom is -0.467 e. The fourth-order valence-electron chi connectivity index (χ4n) is 0.586. The van der Waals surface area contributed by atoms with Crippen LogP contribution in [0.3, 0.4) is 0 Å². The third-order valence-electron chi connectivity index (χ3n) is 1.17. The number of hydrogen-bond acceptors (Lipinski definition) is 5. The number of esters is 1. The molecule has 0 radical (unpaired) electrons. The number of ether oxygens (including phenoxy) is 3. The van der Waals surface area contributed by atoms with E-state index in [1.165, 1.54) is 21.3 Å². The van der Waals surface area contributed by atoms with Crippen LogP contribution in [0.25, 0.3) is 0 Å². The molecule has 0 heterocycles. The van der Waals surface area contributed by atoms with Crippen LogP contribution in [0.15, 0.2) is 0 Å². The van der Waals surface area contributed by atoms with Crippen molar-refractivity contribution < 1.29 is 24.1 Å². The van der Waals surface area contributed by atoms with Crippen LogP contribution in [-0.2, 0) is 19.0 Å². The smallest absolute Gasteiger partial charge is 0.340 e. The zero-order chi connectivity index (χ0) is 8.85. The molecule has 0 aliphatic heterocycles. The van der Waals surface area contributed by atoms with Gasteiger partial charge in [-0.2, -0.15) is 0 Å². The van der Waals surface area contributed by atoms with Crippen LogP contribution < -0.4 is 0 Å². The first-order valence-corrected chi connectivity index (χ1v) is 2.98. The van der Waals surface area contributed by atoms with Gasteiger partial charge in [0, 0.05) is 14.2 Å². The Labute approximate surface area is 64.9 Å². The van der Waals surface area contributed by atoms with Crippen molar-refractivity contribution >= 4 is 5.97 Å². The highest BCUT2D eigenvalue weighted by atomic mass is 16.7. The van der Waals surface area contributed by atoms with E-state index in [1.807, 2.05) is 0 Å². The summed E-state index contributed by atoms with van der Waals surface area (Å²) in [6.07, 6.45) is -2.36. The maximum atomic E-state index is 10.6. The molecule has 66 valence electrons. The second kappa shape index (κ2) is 5.06. The maximum absolute atomic E-state index is 10.6. The first-order valence-electron chi connectivity index (χ1n) is 2.98. The molecule has 1 atom stereocenters. The van der Waals surface area contributed by atoms with Gasteiger partial charge in [0.2, 0.25) is 6.10 Å². The van der Waals surface area contributed by atoms with Gasteiger partial charge < -0.3 is 19.3 Å². The van der Waals surface area contributed by atoms with Crippen LogP contribution in [0.1, 0.15) is 0 Å². The molecule has 0 aliphatic rings. The van der Waals surface area contributed by atoms with E-state index >= 15 is 0 Å². The third kappa shape index (κ3) is 2.83. The molecule has 0 fully saturated rings. The summed E-state index contributed by atoms with van der Waals surface area (Å²) in [7, 11) is 3.81. The standard InChI is InChI=1S/C6H12O5/c1-9-5(8)4(7)6(10-2)11-3/h4,6-7H,1-3H3. The molecule has 5 nitrogen and oxygen atoms in total. The van der Waals surface area contributed by atoms with Crippen molar-refractivity contribution in [3.8, 4) is 0 Å². The van der Waals surface area contributed by atoms with Crippen molar-refractivity contribution in [2.45, 2.75) is 12.4 Å². The van der Waals surface area contributed by atoms with E-state index in [2.05, 4.69) is 14.2 Å². The zero-order valence-corrected chi connectivity index (χ0v) is 6.73. The average Bonchev–Trinajstić information content (AvgIpc) is 2.05. The Kier molecular flexibility index (Phi) is 4.76. The van der Waals surface area contributed by atoms with Gasteiger partial charge in [-0.05, 0) is 0 Å². The first-order chi connectivity index (χ1) is 5.17. The van der Waals surface area contributed by atoms with Gasteiger partial charge in [0.25, 0.3) is 0 Å². The van der Waals surface area contributed by atoms with Crippen LogP contribution >= 0.6 is 0 Å². The second-order valence-electron chi connectivity index (χ2n) is 1.81. The second-order valence-corrected chi connectivity index (χ2v) is 1.81. The predicted octanol–water partition coefficient (Wildman–Crippen LogP) is -0.861. The monoisotopic (exact) mass is 164 g/mol.